The first-order valence-corrected chi connectivity index (χ1v) is 10.1. The fourth-order valence-corrected chi connectivity index (χ4v) is 3.34. The van der Waals surface area contributed by atoms with Gasteiger partial charge in [0, 0.05) is 38.4 Å². The summed E-state index contributed by atoms with van der Waals surface area (Å²) in [5.41, 5.74) is 1.86. The molecule has 162 valence electrons. The number of hydrogen-bond acceptors (Lipinski definition) is 5. The number of alkyl halides is 2. The smallest absolute Gasteiger partial charge is 0.387 e. The van der Waals surface area contributed by atoms with Crippen LogP contribution in [0.15, 0.2) is 48.5 Å². The van der Waals surface area contributed by atoms with Gasteiger partial charge in [0.1, 0.15) is 5.75 Å². The van der Waals surface area contributed by atoms with Crippen molar-refractivity contribution in [2.45, 2.75) is 13.0 Å². The number of anilines is 2. The molecule has 0 atom stereocenters. The number of halogens is 2. The molecule has 2 N–H and O–H groups in total. The number of amides is 1. The number of piperazine rings is 1. The Labute approximate surface area is 175 Å². The minimum Gasteiger partial charge on any atom is -0.435 e. The summed E-state index contributed by atoms with van der Waals surface area (Å²) in [5, 5.41) is 6.15. The maximum atomic E-state index is 12.7. The van der Waals surface area contributed by atoms with E-state index in [9.17, 15) is 13.6 Å². The second-order valence-electron chi connectivity index (χ2n) is 7.33. The van der Waals surface area contributed by atoms with Crippen LogP contribution >= 0.6 is 0 Å². The van der Waals surface area contributed by atoms with Gasteiger partial charge in [-0.1, -0.05) is 12.1 Å². The van der Waals surface area contributed by atoms with Crippen LogP contribution in [0.4, 0.5) is 20.2 Å². The highest BCUT2D eigenvalue weighted by molar-refractivity contribution is 6.00. The molecule has 0 bridgehead atoms. The van der Waals surface area contributed by atoms with Crippen molar-refractivity contribution in [2.24, 2.45) is 0 Å². The normalized spacial score (nSPS) is 15.2. The highest BCUT2D eigenvalue weighted by Gasteiger charge is 2.14. The van der Waals surface area contributed by atoms with Crippen molar-refractivity contribution in [2.75, 3.05) is 51.6 Å². The monoisotopic (exact) mass is 418 g/mol. The van der Waals surface area contributed by atoms with Crippen LogP contribution in [0.1, 0.15) is 16.8 Å². The highest BCUT2D eigenvalue weighted by atomic mass is 19.3. The van der Waals surface area contributed by atoms with Crippen LogP contribution in [0.5, 0.6) is 5.75 Å². The number of benzene rings is 2. The summed E-state index contributed by atoms with van der Waals surface area (Å²) in [5.74, 6) is -0.0592. The van der Waals surface area contributed by atoms with Crippen LogP contribution < -0.4 is 15.4 Å². The number of rotatable bonds is 9. The Kier molecular flexibility index (Phi) is 7.98. The molecule has 0 saturated carbocycles. The lowest BCUT2D eigenvalue weighted by atomic mass is 10.1. The highest BCUT2D eigenvalue weighted by Crippen LogP contribution is 2.23. The first-order chi connectivity index (χ1) is 14.5. The summed E-state index contributed by atoms with van der Waals surface area (Å²) >= 11 is 0. The van der Waals surface area contributed by atoms with Gasteiger partial charge in [-0.05, 0) is 56.4 Å². The molecule has 2 aromatic carbocycles. The first-order valence-electron chi connectivity index (χ1n) is 10.1. The Morgan fingerprint density at radius 3 is 2.47 bits per heavy atom. The Morgan fingerprint density at radius 1 is 1.07 bits per heavy atom. The van der Waals surface area contributed by atoms with Gasteiger partial charge in [-0.3, -0.25) is 4.79 Å². The maximum Gasteiger partial charge on any atom is 0.387 e. The van der Waals surface area contributed by atoms with Crippen molar-refractivity contribution < 1.29 is 18.3 Å². The average Bonchev–Trinajstić information content (AvgIpc) is 2.74. The van der Waals surface area contributed by atoms with E-state index in [1.54, 1.807) is 18.2 Å². The summed E-state index contributed by atoms with van der Waals surface area (Å²) in [4.78, 5) is 17.4. The number of carbonyl (C=O) groups is 1. The van der Waals surface area contributed by atoms with Crippen LogP contribution in [-0.2, 0) is 0 Å². The molecule has 0 radical (unpaired) electrons. The third kappa shape index (κ3) is 6.67. The SMILES string of the molecule is CN1CCN(CCCNC(=O)c2ccccc2Nc2ccc(OC(F)F)cc2)CC1. The van der Waals surface area contributed by atoms with Crippen LogP contribution in [0.3, 0.4) is 0 Å². The molecule has 1 aliphatic heterocycles. The van der Waals surface area contributed by atoms with E-state index in [-0.39, 0.29) is 11.7 Å². The molecule has 1 fully saturated rings. The van der Waals surface area contributed by atoms with Gasteiger partial charge in [0.05, 0.1) is 11.3 Å². The van der Waals surface area contributed by atoms with E-state index in [2.05, 4.69) is 32.2 Å². The van der Waals surface area contributed by atoms with Gasteiger partial charge in [-0.2, -0.15) is 8.78 Å². The van der Waals surface area contributed by atoms with E-state index in [4.69, 9.17) is 0 Å². The predicted octanol–water partition coefficient (Wildman–Crippen LogP) is 3.40. The molecule has 8 heteroatoms. The average molecular weight is 418 g/mol. The number of nitrogens with zero attached hydrogens (tertiary/aromatic N) is 2. The minimum atomic E-state index is -2.86. The topological polar surface area (TPSA) is 56.8 Å². The lowest BCUT2D eigenvalue weighted by molar-refractivity contribution is -0.0498. The third-order valence-corrected chi connectivity index (χ3v) is 5.06. The summed E-state index contributed by atoms with van der Waals surface area (Å²) < 4.78 is 28.9. The molecule has 2 aromatic rings. The van der Waals surface area contributed by atoms with Crippen LogP contribution in [0.25, 0.3) is 0 Å². The molecule has 1 aliphatic rings. The fourth-order valence-electron chi connectivity index (χ4n) is 3.34. The van der Waals surface area contributed by atoms with Gasteiger partial charge in [-0.25, -0.2) is 0 Å². The number of ether oxygens (including phenoxy) is 1. The second kappa shape index (κ2) is 10.9. The first kappa shape index (κ1) is 22.0. The molecule has 0 spiro atoms. The molecule has 3 rings (SSSR count). The molecule has 0 unspecified atom stereocenters. The lowest BCUT2D eigenvalue weighted by Gasteiger charge is -2.32. The zero-order valence-electron chi connectivity index (χ0n) is 17.1. The van der Waals surface area contributed by atoms with E-state index in [0.717, 1.165) is 39.1 Å². The third-order valence-electron chi connectivity index (χ3n) is 5.06. The molecular weight excluding hydrogens is 390 g/mol. The van der Waals surface area contributed by atoms with Crippen LogP contribution in [-0.4, -0.2) is 68.6 Å². The quantitative estimate of drug-likeness (QED) is 0.612. The fraction of sp³-hybridized carbons (Fsp3) is 0.409. The van der Waals surface area contributed by atoms with Crippen molar-refractivity contribution in [3.8, 4) is 5.75 Å². The lowest BCUT2D eigenvalue weighted by Crippen LogP contribution is -2.45. The van der Waals surface area contributed by atoms with Crippen LogP contribution in [0.2, 0.25) is 0 Å². The molecule has 6 nitrogen and oxygen atoms in total. The van der Waals surface area contributed by atoms with Crippen molar-refractivity contribution in [3.05, 3.63) is 54.1 Å². The summed E-state index contributed by atoms with van der Waals surface area (Å²) in [6, 6.07) is 13.4. The van der Waals surface area contributed by atoms with Gasteiger partial charge in [0.2, 0.25) is 0 Å². The van der Waals surface area contributed by atoms with Crippen molar-refractivity contribution in [1.29, 1.82) is 0 Å². The number of likely N-dealkylation sites (N-methyl/N-ethyl adjacent to an activating group) is 1. The van der Waals surface area contributed by atoms with Gasteiger partial charge >= 0.3 is 6.61 Å². The number of para-hydroxylation sites is 1. The number of carbonyl (C=O) groups excluding carboxylic acids is 1. The minimum absolute atomic E-state index is 0.0851. The largest absolute Gasteiger partial charge is 0.435 e. The zero-order chi connectivity index (χ0) is 21.3. The van der Waals surface area contributed by atoms with Crippen molar-refractivity contribution in [3.63, 3.8) is 0 Å². The van der Waals surface area contributed by atoms with E-state index < -0.39 is 6.61 Å². The Morgan fingerprint density at radius 2 is 1.77 bits per heavy atom. The van der Waals surface area contributed by atoms with Crippen molar-refractivity contribution in [1.82, 2.24) is 15.1 Å². The van der Waals surface area contributed by atoms with E-state index in [0.29, 0.717) is 23.5 Å². The van der Waals surface area contributed by atoms with Gasteiger partial charge < -0.3 is 25.2 Å². The molecule has 1 saturated heterocycles. The molecule has 0 aliphatic carbocycles. The zero-order valence-corrected chi connectivity index (χ0v) is 17.1. The predicted molar refractivity (Wildman–Crippen MR) is 114 cm³/mol. The molecule has 30 heavy (non-hydrogen) atoms. The van der Waals surface area contributed by atoms with E-state index in [1.807, 2.05) is 18.2 Å². The maximum absolute atomic E-state index is 12.7. The van der Waals surface area contributed by atoms with E-state index in [1.165, 1.54) is 12.1 Å². The van der Waals surface area contributed by atoms with Crippen molar-refractivity contribution >= 4 is 17.3 Å². The summed E-state index contributed by atoms with van der Waals surface area (Å²) in [7, 11) is 2.13. The molecule has 0 aromatic heterocycles. The Balaban J connectivity index is 1.50. The van der Waals surface area contributed by atoms with E-state index >= 15 is 0 Å². The number of hydrogen-bond donors (Lipinski definition) is 2. The Hall–Kier alpha value is -2.71. The van der Waals surface area contributed by atoms with Crippen LogP contribution in [0, 0.1) is 0 Å². The summed E-state index contributed by atoms with van der Waals surface area (Å²) in [6.07, 6.45) is 0.899. The number of nitrogens with one attached hydrogen (secondary N) is 2. The molecule has 1 heterocycles. The standard InChI is InChI=1S/C22H28F2N4O2/c1-27-13-15-28(16-14-27)12-4-11-25-21(29)19-5-2-3-6-20(19)26-17-7-9-18(10-8-17)30-22(23)24/h2-3,5-10,22,26H,4,11-16H2,1H3,(H,25,29). The Bertz CT molecular complexity index is 809. The summed E-state index contributed by atoms with van der Waals surface area (Å²) in [6.45, 7) is 3.03. The molecular formula is C22H28F2N4O2. The van der Waals surface area contributed by atoms with Gasteiger partial charge in [0.25, 0.3) is 5.91 Å². The van der Waals surface area contributed by atoms with Gasteiger partial charge in [0.15, 0.2) is 0 Å². The second-order valence-corrected chi connectivity index (χ2v) is 7.33. The van der Waals surface area contributed by atoms with Gasteiger partial charge in [-0.15, -0.1) is 0 Å². The molecule has 1 amide bonds.